The van der Waals surface area contributed by atoms with Crippen molar-refractivity contribution in [3.8, 4) is 0 Å². The average Bonchev–Trinajstić information content (AvgIpc) is 2.34. The second-order valence-electron chi connectivity index (χ2n) is 5.27. The van der Waals surface area contributed by atoms with Gasteiger partial charge in [0, 0.05) is 26.3 Å². The third-order valence-electron chi connectivity index (χ3n) is 2.77. The number of halogens is 1. The second-order valence-corrected chi connectivity index (χ2v) is 5.66. The summed E-state index contributed by atoms with van der Waals surface area (Å²) in [6.07, 6.45) is 1.74. The molecule has 0 aliphatic carbocycles. The lowest BCUT2D eigenvalue weighted by Gasteiger charge is -2.25. The molecule has 0 amide bonds. The minimum absolute atomic E-state index is 0.0849. The van der Waals surface area contributed by atoms with Crippen molar-refractivity contribution in [3.05, 3.63) is 17.0 Å². The normalized spacial score (nSPS) is 11.6. The Morgan fingerprint density at radius 3 is 2.79 bits per heavy atom. The molecule has 0 aromatic carbocycles. The fourth-order valence-corrected chi connectivity index (χ4v) is 1.93. The molecule has 1 heterocycles. The Morgan fingerprint density at radius 2 is 2.16 bits per heavy atom. The van der Waals surface area contributed by atoms with Crippen LogP contribution in [0.3, 0.4) is 0 Å². The molecule has 19 heavy (non-hydrogen) atoms. The summed E-state index contributed by atoms with van der Waals surface area (Å²) in [7, 11) is 1.59. The molecular weight excluding hydrogens is 266 g/mol. The first-order chi connectivity index (χ1) is 8.96. The van der Waals surface area contributed by atoms with Crippen LogP contribution in [-0.4, -0.2) is 35.3 Å². The molecule has 2 N–H and O–H groups in total. The van der Waals surface area contributed by atoms with E-state index < -0.39 is 0 Å². The smallest absolute Gasteiger partial charge is 0.158 e. The van der Waals surface area contributed by atoms with E-state index >= 15 is 0 Å². The van der Waals surface area contributed by atoms with E-state index in [0.29, 0.717) is 23.4 Å². The van der Waals surface area contributed by atoms with Crippen molar-refractivity contribution in [2.45, 2.75) is 33.3 Å². The van der Waals surface area contributed by atoms with E-state index in [1.165, 1.54) is 0 Å². The SMILES string of the molecule is COCc1nc(Cl)cc(NCC(C)(C)CCCO)n1. The van der Waals surface area contributed by atoms with Crippen molar-refractivity contribution in [3.63, 3.8) is 0 Å². The molecule has 5 nitrogen and oxygen atoms in total. The molecule has 0 bridgehead atoms. The van der Waals surface area contributed by atoms with Crippen LogP contribution < -0.4 is 5.32 Å². The van der Waals surface area contributed by atoms with Crippen molar-refractivity contribution >= 4 is 17.4 Å². The predicted molar refractivity (Wildman–Crippen MR) is 76.3 cm³/mol. The minimum atomic E-state index is 0.0849. The van der Waals surface area contributed by atoms with E-state index in [2.05, 4.69) is 29.1 Å². The van der Waals surface area contributed by atoms with Crippen LogP contribution in [0.2, 0.25) is 5.15 Å². The van der Waals surface area contributed by atoms with Gasteiger partial charge < -0.3 is 15.2 Å². The monoisotopic (exact) mass is 287 g/mol. The number of hydrogen-bond acceptors (Lipinski definition) is 5. The van der Waals surface area contributed by atoms with Crippen molar-refractivity contribution in [2.75, 3.05) is 25.6 Å². The summed E-state index contributed by atoms with van der Waals surface area (Å²) in [5, 5.41) is 12.5. The Morgan fingerprint density at radius 1 is 1.42 bits per heavy atom. The zero-order valence-electron chi connectivity index (χ0n) is 11.7. The maximum absolute atomic E-state index is 8.87. The van der Waals surface area contributed by atoms with Crippen molar-refractivity contribution in [1.82, 2.24) is 9.97 Å². The van der Waals surface area contributed by atoms with Crippen LogP contribution in [-0.2, 0) is 11.3 Å². The molecule has 0 saturated heterocycles. The number of nitrogens with zero attached hydrogens (tertiary/aromatic N) is 2. The summed E-state index contributed by atoms with van der Waals surface area (Å²) in [5.41, 5.74) is 0.0849. The number of methoxy groups -OCH3 is 1. The van der Waals surface area contributed by atoms with Gasteiger partial charge in [-0.2, -0.15) is 0 Å². The standard InChI is InChI=1S/C13H22ClN3O2/c1-13(2,5-4-6-18)9-15-11-7-10(14)16-12(17-11)8-19-3/h7,18H,4-6,8-9H2,1-3H3,(H,15,16,17). The summed E-state index contributed by atoms with van der Waals surface area (Å²) in [6.45, 7) is 5.61. The van der Waals surface area contributed by atoms with E-state index in [9.17, 15) is 0 Å². The van der Waals surface area contributed by atoms with E-state index in [1.807, 2.05) is 0 Å². The fourth-order valence-electron chi connectivity index (χ4n) is 1.72. The molecule has 0 aliphatic heterocycles. The van der Waals surface area contributed by atoms with Gasteiger partial charge in [-0.1, -0.05) is 25.4 Å². The molecule has 6 heteroatoms. The summed E-state index contributed by atoms with van der Waals surface area (Å²) >= 11 is 5.94. The highest BCUT2D eigenvalue weighted by molar-refractivity contribution is 6.29. The highest BCUT2D eigenvalue weighted by Gasteiger charge is 2.17. The molecule has 0 radical (unpaired) electrons. The summed E-state index contributed by atoms with van der Waals surface area (Å²) in [4.78, 5) is 8.40. The molecule has 0 atom stereocenters. The van der Waals surface area contributed by atoms with Gasteiger partial charge in [0.1, 0.15) is 17.6 Å². The summed E-state index contributed by atoms with van der Waals surface area (Å²) in [5.74, 6) is 1.26. The number of aliphatic hydroxyl groups excluding tert-OH is 1. The molecule has 0 unspecified atom stereocenters. The Bertz CT molecular complexity index is 399. The maximum atomic E-state index is 8.87. The molecular formula is C13H22ClN3O2. The molecule has 0 aliphatic rings. The zero-order chi connectivity index (χ0) is 14.3. The summed E-state index contributed by atoms with van der Waals surface area (Å²) < 4.78 is 5.00. The van der Waals surface area contributed by atoms with Gasteiger partial charge in [0.25, 0.3) is 0 Å². The van der Waals surface area contributed by atoms with Gasteiger partial charge in [0.2, 0.25) is 0 Å². The van der Waals surface area contributed by atoms with Gasteiger partial charge in [0.05, 0.1) is 0 Å². The van der Waals surface area contributed by atoms with Gasteiger partial charge in [-0.3, -0.25) is 0 Å². The van der Waals surface area contributed by atoms with Crippen LogP contribution >= 0.6 is 11.6 Å². The highest BCUT2D eigenvalue weighted by atomic mass is 35.5. The lowest BCUT2D eigenvalue weighted by Crippen LogP contribution is -2.24. The van der Waals surface area contributed by atoms with E-state index in [0.717, 1.165) is 19.4 Å². The molecule has 1 rings (SSSR count). The topological polar surface area (TPSA) is 67.3 Å². The van der Waals surface area contributed by atoms with E-state index in [1.54, 1.807) is 13.2 Å². The molecule has 108 valence electrons. The van der Waals surface area contributed by atoms with Gasteiger partial charge in [-0.25, -0.2) is 9.97 Å². The largest absolute Gasteiger partial charge is 0.396 e. The number of anilines is 1. The van der Waals surface area contributed by atoms with Crippen LogP contribution in [0.4, 0.5) is 5.82 Å². The number of hydrogen-bond donors (Lipinski definition) is 2. The molecule has 0 fully saturated rings. The first-order valence-corrected chi connectivity index (χ1v) is 6.72. The summed E-state index contributed by atoms with van der Waals surface area (Å²) in [6, 6.07) is 1.70. The Hall–Kier alpha value is -0.910. The number of aliphatic hydroxyl groups is 1. The number of ether oxygens (including phenoxy) is 1. The molecule has 0 spiro atoms. The maximum Gasteiger partial charge on any atom is 0.158 e. The van der Waals surface area contributed by atoms with Crippen molar-refractivity contribution in [2.24, 2.45) is 5.41 Å². The molecule has 1 aromatic rings. The Kier molecular flexibility index (Phi) is 6.48. The first-order valence-electron chi connectivity index (χ1n) is 6.34. The highest BCUT2D eigenvalue weighted by Crippen LogP contribution is 2.23. The Labute approximate surface area is 119 Å². The minimum Gasteiger partial charge on any atom is -0.396 e. The third-order valence-corrected chi connectivity index (χ3v) is 2.97. The predicted octanol–water partition coefficient (Wildman–Crippen LogP) is 2.49. The zero-order valence-corrected chi connectivity index (χ0v) is 12.5. The number of nitrogens with one attached hydrogen (secondary N) is 1. The van der Waals surface area contributed by atoms with E-state index in [4.69, 9.17) is 21.4 Å². The van der Waals surface area contributed by atoms with Crippen LogP contribution in [0.1, 0.15) is 32.5 Å². The fraction of sp³-hybridized carbons (Fsp3) is 0.692. The van der Waals surface area contributed by atoms with Gasteiger partial charge in [0.15, 0.2) is 5.82 Å². The van der Waals surface area contributed by atoms with Gasteiger partial charge in [-0.15, -0.1) is 0 Å². The second kappa shape index (κ2) is 7.62. The van der Waals surface area contributed by atoms with Crippen LogP contribution in [0, 0.1) is 5.41 Å². The van der Waals surface area contributed by atoms with Gasteiger partial charge in [-0.05, 0) is 18.3 Å². The number of aromatic nitrogens is 2. The molecule has 0 saturated carbocycles. The van der Waals surface area contributed by atoms with Crippen molar-refractivity contribution in [1.29, 1.82) is 0 Å². The number of rotatable bonds is 8. The lowest BCUT2D eigenvalue weighted by molar-refractivity contribution is 0.178. The lowest BCUT2D eigenvalue weighted by atomic mass is 9.88. The van der Waals surface area contributed by atoms with Crippen LogP contribution in [0.5, 0.6) is 0 Å². The third kappa shape index (κ3) is 6.18. The van der Waals surface area contributed by atoms with Crippen molar-refractivity contribution < 1.29 is 9.84 Å². The quantitative estimate of drug-likeness (QED) is 0.719. The first kappa shape index (κ1) is 16.1. The Balaban J connectivity index is 2.61. The van der Waals surface area contributed by atoms with Crippen LogP contribution in [0.15, 0.2) is 6.07 Å². The van der Waals surface area contributed by atoms with Crippen LogP contribution in [0.25, 0.3) is 0 Å². The van der Waals surface area contributed by atoms with Gasteiger partial charge >= 0.3 is 0 Å². The molecule has 1 aromatic heterocycles. The average molecular weight is 288 g/mol. The van der Waals surface area contributed by atoms with E-state index in [-0.39, 0.29) is 12.0 Å².